The van der Waals surface area contributed by atoms with Crippen molar-refractivity contribution in [3.63, 3.8) is 0 Å². The molecule has 76 valence electrons. The first kappa shape index (κ1) is 9.69. The highest BCUT2D eigenvalue weighted by atomic mass is 16.5. The normalized spacial score (nSPS) is 26.0. The highest BCUT2D eigenvalue weighted by molar-refractivity contribution is 5.20. The molecule has 2 rings (SSSR count). The Bertz CT molecular complexity index is 294. The van der Waals surface area contributed by atoms with E-state index in [2.05, 4.69) is 43.4 Å². The van der Waals surface area contributed by atoms with Crippen molar-refractivity contribution in [3.05, 3.63) is 35.9 Å². The van der Waals surface area contributed by atoms with Crippen LogP contribution in [0.2, 0.25) is 0 Å². The van der Waals surface area contributed by atoms with Crippen LogP contribution >= 0.6 is 0 Å². The molecule has 1 aliphatic rings. The lowest BCUT2D eigenvalue weighted by atomic mass is 9.82. The van der Waals surface area contributed by atoms with Gasteiger partial charge in [0.15, 0.2) is 0 Å². The van der Waals surface area contributed by atoms with Crippen LogP contribution in [-0.4, -0.2) is 13.3 Å². The third-order valence-electron chi connectivity index (χ3n) is 2.74. The molecule has 0 spiro atoms. The van der Waals surface area contributed by atoms with Gasteiger partial charge in [-0.3, -0.25) is 5.32 Å². The molecule has 1 unspecified atom stereocenters. The Morgan fingerprint density at radius 3 is 2.64 bits per heavy atom. The standard InChI is InChI=1S/C12H17NO/c1-12(2)8-13-9-14-11(12)10-6-4-3-5-7-10/h3-7,11,13H,8-9H2,1-2H3. The summed E-state index contributed by atoms with van der Waals surface area (Å²) >= 11 is 0. The van der Waals surface area contributed by atoms with E-state index in [1.807, 2.05) is 6.07 Å². The zero-order valence-corrected chi connectivity index (χ0v) is 8.79. The van der Waals surface area contributed by atoms with Gasteiger partial charge in [-0.05, 0) is 5.56 Å². The minimum Gasteiger partial charge on any atom is -0.358 e. The zero-order chi connectivity index (χ0) is 10.0. The lowest BCUT2D eigenvalue weighted by Gasteiger charge is -2.39. The Kier molecular flexibility index (Phi) is 2.57. The van der Waals surface area contributed by atoms with Crippen LogP contribution in [0, 0.1) is 5.41 Å². The molecule has 1 N–H and O–H groups in total. The van der Waals surface area contributed by atoms with E-state index in [1.165, 1.54) is 5.56 Å². The third kappa shape index (κ3) is 1.81. The summed E-state index contributed by atoms with van der Waals surface area (Å²) in [6.07, 6.45) is 0.213. The van der Waals surface area contributed by atoms with Crippen molar-refractivity contribution in [3.8, 4) is 0 Å². The number of hydrogen-bond acceptors (Lipinski definition) is 2. The summed E-state index contributed by atoms with van der Waals surface area (Å²) in [7, 11) is 0. The summed E-state index contributed by atoms with van der Waals surface area (Å²) in [6, 6.07) is 10.4. The molecule has 1 aromatic rings. The number of ether oxygens (including phenoxy) is 1. The van der Waals surface area contributed by atoms with E-state index in [1.54, 1.807) is 0 Å². The van der Waals surface area contributed by atoms with Crippen molar-refractivity contribution < 1.29 is 4.74 Å². The van der Waals surface area contributed by atoms with Gasteiger partial charge in [-0.15, -0.1) is 0 Å². The summed E-state index contributed by atoms with van der Waals surface area (Å²) < 4.78 is 5.77. The van der Waals surface area contributed by atoms with E-state index in [9.17, 15) is 0 Å². The topological polar surface area (TPSA) is 21.3 Å². The van der Waals surface area contributed by atoms with Gasteiger partial charge in [0.05, 0.1) is 12.8 Å². The van der Waals surface area contributed by atoms with Gasteiger partial charge < -0.3 is 4.74 Å². The lowest BCUT2D eigenvalue weighted by Crippen LogP contribution is -2.43. The fourth-order valence-corrected chi connectivity index (χ4v) is 2.01. The molecule has 2 nitrogen and oxygen atoms in total. The van der Waals surface area contributed by atoms with Gasteiger partial charge in [-0.2, -0.15) is 0 Å². The predicted molar refractivity (Wildman–Crippen MR) is 56.9 cm³/mol. The molecule has 0 saturated carbocycles. The molecule has 1 aromatic carbocycles. The molecule has 0 radical (unpaired) electrons. The molecule has 0 aliphatic carbocycles. The average Bonchev–Trinajstić information content (AvgIpc) is 2.18. The molecule has 14 heavy (non-hydrogen) atoms. The molecular weight excluding hydrogens is 174 g/mol. The van der Waals surface area contributed by atoms with Crippen LogP contribution in [0.4, 0.5) is 0 Å². The molecule has 1 saturated heterocycles. The second-order valence-corrected chi connectivity index (χ2v) is 4.52. The molecule has 2 heteroatoms. The third-order valence-corrected chi connectivity index (χ3v) is 2.74. The molecule has 1 aliphatic heterocycles. The van der Waals surface area contributed by atoms with Gasteiger partial charge in [0.1, 0.15) is 0 Å². The van der Waals surface area contributed by atoms with E-state index in [0.717, 1.165) is 6.54 Å². The first-order chi connectivity index (χ1) is 6.70. The highest BCUT2D eigenvalue weighted by Gasteiger charge is 2.34. The molecule has 1 fully saturated rings. The highest BCUT2D eigenvalue weighted by Crippen LogP contribution is 2.37. The quantitative estimate of drug-likeness (QED) is 0.735. The van der Waals surface area contributed by atoms with Gasteiger partial charge in [0, 0.05) is 12.0 Å². The first-order valence-electron chi connectivity index (χ1n) is 5.07. The van der Waals surface area contributed by atoms with Gasteiger partial charge in [-0.1, -0.05) is 44.2 Å². The molecule has 0 aromatic heterocycles. The van der Waals surface area contributed by atoms with E-state index < -0.39 is 0 Å². The summed E-state index contributed by atoms with van der Waals surface area (Å²) in [4.78, 5) is 0. The van der Waals surface area contributed by atoms with Crippen molar-refractivity contribution >= 4 is 0 Å². The summed E-state index contributed by atoms with van der Waals surface area (Å²) in [5, 5.41) is 3.25. The summed E-state index contributed by atoms with van der Waals surface area (Å²) in [5.74, 6) is 0. The molecular formula is C12H17NO. The summed E-state index contributed by atoms with van der Waals surface area (Å²) in [6.45, 7) is 6.13. The van der Waals surface area contributed by atoms with E-state index >= 15 is 0 Å². The molecule has 0 amide bonds. The molecule has 1 atom stereocenters. The van der Waals surface area contributed by atoms with Crippen molar-refractivity contribution in [2.24, 2.45) is 5.41 Å². The average molecular weight is 191 g/mol. The van der Waals surface area contributed by atoms with Crippen LogP contribution in [0.25, 0.3) is 0 Å². The van der Waals surface area contributed by atoms with Crippen molar-refractivity contribution in [2.75, 3.05) is 13.3 Å². The second kappa shape index (κ2) is 3.71. The van der Waals surface area contributed by atoms with E-state index in [4.69, 9.17) is 4.74 Å². The Labute approximate surface area is 85.3 Å². The number of hydrogen-bond donors (Lipinski definition) is 1. The van der Waals surface area contributed by atoms with Crippen LogP contribution in [0.15, 0.2) is 30.3 Å². The Morgan fingerprint density at radius 1 is 1.29 bits per heavy atom. The SMILES string of the molecule is CC1(C)CNCOC1c1ccccc1. The van der Waals surface area contributed by atoms with Gasteiger partial charge >= 0.3 is 0 Å². The Hall–Kier alpha value is -0.860. The largest absolute Gasteiger partial charge is 0.358 e. The van der Waals surface area contributed by atoms with Crippen LogP contribution in [0.3, 0.4) is 0 Å². The van der Waals surface area contributed by atoms with Gasteiger partial charge in [0.2, 0.25) is 0 Å². The number of nitrogens with one attached hydrogen (secondary N) is 1. The minimum atomic E-state index is 0.166. The van der Waals surface area contributed by atoms with Crippen molar-refractivity contribution in [2.45, 2.75) is 20.0 Å². The van der Waals surface area contributed by atoms with Gasteiger partial charge in [0.25, 0.3) is 0 Å². The van der Waals surface area contributed by atoms with Crippen LogP contribution < -0.4 is 5.32 Å². The van der Waals surface area contributed by atoms with Gasteiger partial charge in [-0.25, -0.2) is 0 Å². The lowest BCUT2D eigenvalue weighted by molar-refractivity contribution is -0.0734. The van der Waals surface area contributed by atoms with Crippen LogP contribution in [0.5, 0.6) is 0 Å². The summed E-state index contributed by atoms with van der Waals surface area (Å²) in [5.41, 5.74) is 1.44. The first-order valence-corrected chi connectivity index (χ1v) is 5.07. The molecule has 0 bridgehead atoms. The monoisotopic (exact) mass is 191 g/mol. The Balaban J connectivity index is 2.24. The zero-order valence-electron chi connectivity index (χ0n) is 8.79. The van der Waals surface area contributed by atoms with E-state index in [0.29, 0.717) is 6.73 Å². The minimum absolute atomic E-state index is 0.166. The van der Waals surface area contributed by atoms with E-state index in [-0.39, 0.29) is 11.5 Å². The Morgan fingerprint density at radius 2 is 2.00 bits per heavy atom. The second-order valence-electron chi connectivity index (χ2n) is 4.52. The van der Waals surface area contributed by atoms with Crippen LogP contribution in [-0.2, 0) is 4.74 Å². The predicted octanol–water partition coefficient (Wildman–Crippen LogP) is 2.33. The van der Waals surface area contributed by atoms with Crippen molar-refractivity contribution in [1.29, 1.82) is 0 Å². The van der Waals surface area contributed by atoms with Crippen molar-refractivity contribution in [1.82, 2.24) is 5.32 Å². The fraction of sp³-hybridized carbons (Fsp3) is 0.500. The number of benzene rings is 1. The maximum atomic E-state index is 5.77. The smallest absolute Gasteiger partial charge is 0.0974 e. The van der Waals surface area contributed by atoms with Crippen LogP contribution in [0.1, 0.15) is 25.5 Å². The number of rotatable bonds is 1. The maximum absolute atomic E-state index is 5.77. The fourth-order valence-electron chi connectivity index (χ4n) is 2.01. The molecule has 1 heterocycles. The maximum Gasteiger partial charge on any atom is 0.0974 e.